The SMILES string of the molecule is CCC(=O)NC(Cc1cccc(C(=N)N)c1)C(=O)NCC(=O)NC(Cc1c[nH]c2ccccc12)C(=O)C(F)(F)F. The van der Waals surface area contributed by atoms with Crippen LogP contribution in [-0.4, -0.2) is 59.1 Å². The molecule has 0 bridgehead atoms. The summed E-state index contributed by atoms with van der Waals surface area (Å²) in [6, 6.07) is 10.2. The van der Waals surface area contributed by atoms with Crippen LogP contribution in [0.25, 0.3) is 10.9 Å². The summed E-state index contributed by atoms with van der Waals surface area (Å²) >= 11 is 0. The van der Waals surface area contributed by atoms with E-state index in [0.29, 0.717) is 27.6 Å². The number of fused-ring (bicyclic) bond motifs is 1. The van der Waals surface area contributed by atoms with Crippen LogP contribution < -0.4 is 21.7 Å². The molecule has 212 valence electrons. The molecule has 3 amide bonds. The van der Waals surface area contributed by atoms with E-state index in [4.69, 9.17) is 11.1 Å². The molecule has 0 saturated heterocycles. The maximum Gasteiger partial charge on any atom is 0.452 e. The number of nitrogen functional groups attached to an aromatic ring is 1. The van der Waals surface area contributed by atoms with Crippen LogP contribution in [0.1, 0.15) is 30.0 Å². The third kappa shape index (κ3) is 7.91. The molecule has 0 saturated carbocycles. The summed E-state index contributed by atoms with van der Waals surface area (Å²) in [5, 5.41) is 15.1. The van der Waals surface area contributed by atoms with E-state index < -0.39 is 54.7 Å². The van der Waals surface area contributed by atoms with Crippen molar-refractivity contribution >= 4 is 40.2 Å². The van der Waals surface area contributed by atoms with Gasteiger partial charge in [0.2, 0.25) is 17.7 Å². The van der Waals surface area contributed by atoms with E-state index in [1.54, 1.807) is 55.5 Å². The minimum absolute atomic E-state index is 0.00391. The van der Waals surface area contributed by atoms with Crippen LogP contribution in [0.5, 0.6) is 0 Å². The largest absolute Gasteiger partial charge is 0.452 e. The van der Waals surface area contributed by atoms with Crippen LogP contribution in [0, 0.1) is 5.41 Å². The van der Waals surface area contributed by atoms with Crippen LogP contribution in [0.2, 0.25) is 0 Å². The number of Topliss-reactive ketones (excluding diaryl/α,β-unsaturated/α-hetero) is 1. The highest BCUT2D eigenvalue weighted by molar-refractivity contribution is 5.96. The predicted octanol–water partition coefficient (Wildman–Crippen LogP) is 1.86. The number of hydrogen-bond acceptors (Lipinski definition) is 5. The van der Waals surface area contributed by atoms with Gasteiger partial charge in [-0.25, -0.2) is 0 Å². The van der Waals surface area contributed by atoms with Gasteiger partial charge in [-0.3, -0.25) is 24.6 Å². The van der Waals surface area contributed by atoms with Gasteiger partial charge in [0.05, 0.1) is 6.54 Å². The third-order valence-corrected chi connectivity index (χ3v) is 6.10. The normalized spacial score (nSPS) is 12.8. The van der Waals surface area contributed by atoms with Crippen molar-refractivity contribution in [2.45, 2.75) is 44.4 Å². The number of halogens is 3. The fraction of sp³-hybridized carbons (Fsp3) is 0.296. The van der Waals surface area contributed by atoms with Crippen molar-refractivity contribution in [3.8, 4) is 0 Å². The average Bonchev–Trinajstić information content (AvgIpc) is 3.32. The molecule has 10 nitrogen and oxygen atoms in total. The second-order valence-electron chi connectivity index (χ2n) is 9.06. The lowest BCUT2D eigenvalue weighted by Gasteiger charge is -2.21. The number of hydrogen-bond donors (Lipinski definition) is 6. The Balaban J connectivity index is 1.70. The summed E-state index contributed by atoms with van der Waals surface area (Å²) in [6.07, 6.45) is -4.08. The summed E-state index contributed by atoms with van der Waals surface area (Å²) < 4.78 is 39.9. The standard InChI is InChI=1S/C27H29F3N6O4/c1-2-22(37)36-21(11-15-6-5-7-16(10-15)25(31)32)26(40)34-14-23(38)35-20(24(39)27(28,29)30)12-17-13-33-19-9-4-3-8-18(17)19/h3-10,13,20-21,33H,2,11-12,14H2,1H3,(H3,31,32)(H,34,40)(H,35,38)(H,36,37). The highest BCUT2D eigenvalue weighted by atomic mass is 19.4. The van der Waals surface area contributed by atoms with Crippen molar-refractivity contribution in [1.29, 1.82) is 5.41 Å². The van der Waals surface area contributed by atoms with Crippen molar-refractivity contribution < 1.29 is 32.3 Å². The fourth-order valence-corrected chi connectivity index (χ4v) is 4.07. The monoisotopic (exact) mass is 558 g/mol. The maximum atomic E-state index is 13.3. The van der Waals surface area contributed by atoms with Gasteiger partial charge in [0.1, 0.15) is 17.9 Å². The molecule has 2 aromatic carbocycles. The van der Waals surface area contributed by atoms with Gasteiger partial charge in [0, 0.05) is 41.9 Å². The van der Waals surface area contributed by atoms with E-state index in [2.05, 4.69) is 20.9 Å². The molecular formula is C27H29F3N6O4. The molecule has 3 aromatic rings. The first kappa shape index (κ1) is 29.9. The molecule has 13 heteroatoms. The zero-order chi connectivity index (χ0) is 29.4. The Kier molecular flexibility index (Phi) is 9.64. The molecule has 1 heterocycles. The number of rotatable bonds is 12. The number of benzene rings is 2. The van der Waals surface area contributed by atoms with Gasteiger partial charge in [-0.2, -0.15) is 13.2 Å². The minimum Gasteiger partial charge on any atom is -0.384 e. The second kappa shape index (κ2) is 12.9. The smallest absolute Gasteiger partial charge is 0.384 e. The van der Waals surface area contributed by atoms with Crippen LogP contribution in [0.3, 0.4) is 0 Å². The van der Waals surface area contributed by atoms with Gasteiger partial charge in [-0.1, -0.05) is 43.3 Å². The molecule has 0 aliphatic heterocycles. The number of para-hydroxylation sites is 1. The molecule has 0 radical (unpaired) electrons. The van der Waals surface area contributed by atoms with Gasteiger partial charge < -0.3 is 26.7 Å². The number of carbonyl (C=O) groups excluding carboxylic acids is 4. The number of amidine groups is 1. The quantitative estimate of drug-likeness (QED) is 0.147. The Labute approximate surface area is 227 Å². The lowest BCUT2D eigenvalue weighted by atomic mass is 10.0. The molecule has 2 unspecified atom stereocenters. The molecule has 0 spiro atoms. The average molecular weight is 559 g/mol. The van der Waals surface area contributed by atoms with Crippen molar-refractivity contribution in [3.63, 3.8) is 0 Å². The van der Waals surface area contributed by atoms with Crippen LogP contribution in [-0.2, 0) is 32.0 Å². The number of aromatic nitrogens is 1. The van der Waals surface area contributed by atoms with E-state index in [1.165, 1.54) is 6.20 Å². The zero-order valence-electron chi connectivity index (χ0n) is 21.5. The lowest BCUT2D eigenvalue weighted by Crippen LogP contribution is -2.53. The minimum atomic E-state index is -5.20. The van der Waals surface area contributed by atoms with Crippen LogP contribution in [0.15, 0.2) is 54.7 Å². The Morgan fingerprint density at radius 1 is 0.975 bits per heavy atom. The van der Waals surface area contributed by atoms with Gasteiger partial charge in [-0.05, 0) is 23.3 Å². The van der Waals surface area contributed by atoms with E-state index in [1.807, 2.05) is 0 Å². The highest BCUT2D eigenvalue weighted by Gasteiger charge is 2.44. The Morgan fingerprint density at radius 3 is 2.35 bits per heavy atom. The van der Waals surface area contributed by atoms with Crippen molar-refractivity contribution in [3.05, 3.63) is 71.4 Å². The summed E-state index contributed by atoms with van der Waals surface area (Å²) in [5.41, 5.74) is 7.55. The molecule has 3 rings (SSSR count). The van der Waals surface area contributed by atoms with Gasteiger partial charge in [-0.15, -0.1) is 0 Å². The summed E-state index contributed by atoms with van der Waals surface area (Å²) in [5.74, 6) is -4.54. The number of aromatic amines is 1. The number of ketones is 1. The van der Waals surface area contributed by atoms with Crippen molar-refractivity contribution in [2.75, 3.05) is 6.54 Å². The van der Waals surface area contributed by atoms with E-state index in [0.717, 1.165) is 0 Å². The van der Waals surface area contributed by atoms with E-state index in [-0.39, 0.29) is 18.7 Å². The van der Waals surface area contributed by atoms with Crippen LogP contribution in [0.4, 0.5) is 13.2 Å². The molecule has 1 aromatic heterocycles. The van der Waals surface area contributed by atoms with E-state index >= 15 is 0 Å². The summed E-state index contributed by atoms with van der Waals surface area (Å²) in [7, 11) is 0. The first-order valence-corrected chi connectivity index (χ1v) is 12.3. The molecule has 0 fully saturated rings. The van der Waals surface area contributed by atoms with Gasteiger partial charge in [0.15, 0.2) is 0 Å². The number of carbonyl (C=O) groups is 4. The Morgan fingerprint density at radius 2 is 1.68 bits per heavy atom. The Bertz CT molecular complexity index is 1420. The van der Waals surface area contributed by atoms with Crippen molar-refractivity contribution in [1.82, 2.24) is 20.9 Å². The Hall–Kier alpha value is -4.68. The molecule has 7 N–H and O–H groups in total. The first-order valence-electron chi connectivity index (χ1n) is 12.3. The lowest BCUT2D eigenvalue weighted by molar-refractivity contribution is -0.173. The summed E-state index contributed by atoms with van der Waals surface area (Å²) in [6.45, 7) is 0.847. The third-order valence-electron chi connectivity index (χ3n) is 6.10. The maximum absolute atomic E-state index is 13.3. The summed E-state index contributed by atoms with van der Waals surface area (Å²) in [4.78, 5) is 52.5. The predicted molar refractivity (Wildman–Crippen MR) is 141 cm³/mol. The second-order valence-corrected chi connectivity index (χ2v) is 9.06. The number of nitrogens with one attached hydrogen (secondary N) is 5. The van der Waals surface area contributed by atoms with Crippen molar-refractivity contribution in [2.24, 2.45) is 5.73 Å². The fourth-order valence-electron chi connectivity index (χ4n) is 4.07. The topological polar surface area (TPSA) is 170 Å². The highest BCUT2D eigenvalue weighted by Crippen LogP contribution is 2.23. The van der Waals surface area contributed by atoms with E-state index in [9.17, 15) is 32.3 Å². The molecular weight excluding hydrogens is 529 g/mol. The molecule has 40 heavy (non-hydrogen) atoms. The van der Waals surface area contributed by atoms with Gasteiger partial charge in [0.25, 0.3) is 5.78 Å². The van der Waals surface area contributed by atoms with Gasteiger partial charge >= 0.3 is 6.18 Å². The number of nitrogens with two attached hydrogens (primary N) is 1. The number of H-pyrrole nitrogens is 1. The van der Waals surface area contributed by atoms with Crippen LogP contribution >= 0.6 is 0 Å². The molecule has 0 aliphatic carbocycles. The molecule has 2 atom stereocenters. The molecule has 0 aliphatic rings. The first-order chi connectivity index (χ1) is 18.9. The zero-order valence-corrected chi connectivity index (χ0v) is 21.5. The number of amides is 3. The number of alkyl halides is 3.